The van der Waals surface area contributed by atoms with Gasteiger partial charge in [-0.3, -0.25) is 19.2 Å². The third-order valence-corrected chi connectivity index (χ3v) is 12.6. The molecule has 0 aliphatic carbocycles. The largest absolute Gasteiger partial charge is 0.487 e. The SMILES string of the molecule is CC(C)(O)[C@H](F)CN1Cc2cc(NC(=O)c3cnn4cccnc34)c(O[C@@H]3CCNC3)cc2C1=O.CC(C)(O)[C@H](F)CN1Cc2cc(NC(=O)c3cnn4cccnc34)c(O[C@H]3CCNC3)cc2C1=O. The Morgan fingerprint density at radius 1 is 0.714 bits per heavy atom. The number of amides is 4. The highest BCUT2D eigenvalue weighted by Gasteiger charge is 2.38. The fraction of sp³-hybridized carbons (Fsp3) is 0.417. The molecule has 0 unspecified atom stereocenters. The lowest BCUT2D eigenvalue weighted by molar-refractivity contribution is -0.0163. The van der Waals surface area contributed by atoms with Crippen LogP contribution in [0.2, 0.25) is 0 Å². The van der Waals surface area contributed by atoms with Gasteiger partial charge in [0, 0.05) is 62.1 Å². The average Bonchev–Trinajstić information content (AvgIpc) is 4.20. The van der Waals surface area contributed by atoms with Crippen LogP contribution < -0.4 is 30.7 Å². The van der Waals surface area contributed by atoms with Crippen LogP contribution in [-0.4, -0.2) is 148 Å². The van der Waals surface area contributed by atoms with Gasteiger partial charge in [0.05, 0.1) is 48.1 Å². The number of ether oxygens (including phenoxy) is 2. The zero-order chi connectivity index (χ0) is 49.5. The monoisotopic (exact) mass is 964 g/mol. The second-order valence-electron chi connectivity index (χ2n) is 18.9. The lowest BCUT2D eigenvalue weighted by Gasteiger charge is -2.26. The summed E-state index contributed by atoms with van der Waals surface area (Å²) >= 11 is 0. The molecule has 6 N–H and O–H groups in total. The van der Waals surface area contributed by atoms with E-state index in [1.165, 1.54) is 58.9 Å². The van der Waals surface area contributed by atoms with Gasteiger partial charge in [-0.25, -0.2) is 27.8 Å². The fourth-order valence-corrected chi connectivity index (χ4v) is 8.49. The molecule has 4 aromatic heterocycles. The minimum atomic E-state index is -1.61. The number of carbonyl (C=O) groups is 4. The average molecular weight is 965 g/mol. The van der Waals surface area contributed by atoms with Crippen LogP contribution in [0.5, 0.6) is 11.5 Å². The molecule has 0 radical (unpaired) electrons. The highest BCUT2D eigenvalue weighted by atomic mass is 19.1. The van der Waals surface area contributed by atoms with Gasteiger partial charge in [0.25, 0.3) is 23.6 Å². The molecule has 368 valence electrons. The summed E-state index contributed by atoms with van der Waals surface area (Å²) in [6.07, 6.45) is 7.57. The van der Waals surface area contributed by atoms with E-state index in [1.807, 2.05) is 0 Å². The third-order valence-electron chi connectivity index (χ3n) is 12.6. The summed E-state index contributed by atoms with van der Waals surface area (Å²) in [6, 6.07) is 10.0. The Labute approximate surface area is 400 Å². The number of alkyl halides is 2. The van der Waals surface area contributed by atoms with Crippen LogP contribution in [0.3, 0.4) is 0 Å². The topological polar surface area (TPSA) is 242 Å². The Kier molecular flexibility index (Phi) is 13.2. The Morgan fingerprint density at radius 3 is 1.50 bits per heavy atom. The van der Waals surface area contributed by atoms with Gasteiger partial charge in [-0.2, -0.15) is 10.2 Å². The van der Waals surface area contributed by atoms with Crippen molar-refractivity contribution in [3.8, 4) is 11.5 Å². The Hall–Kier alpha value is -7.14. The summed E-state index contributed by atoms with van der Waals surface area (Å²) in [5.74, 6) is -0.786. The summed E-state index contributed by atoms with van der Waals surface area (Å²) in [6.45, 7) is 8.26. The van der Waals surface area contributed by atoms with Crippen molar-refractivity contribution in [2.45, 2.75) is 89.4 Å². The highest BCUT2D eigenvalue weighted by molar-refractivity contribution is 6.10. The molecule has 4 amide bonds. The number of nitrogens with zero attached hydrogens (tertiary/aromatic N) is 8. The summed E-state index contributed by atoms with van der Waals surface area (Å²) < 4.78 is 44.3. The number of hydrogen-bond acceptors (Lipinski definition) is 14. The first-order valence-corrected chi connectivity index (χ1v) is 23.0. The number of hydrogen-bond donors (Lipinski definition) is 6. The minimum Gasteiger partial charge on any atom is -0.487 e. The van der Waals surface area contributed by atoms with E-state index in [0.29, 0.717) is 80.6 Å². The van der Waals surface area contributed by atoms with Gasteiger partial charge < -0.3 is 50.8 Å². The zero-order valence-corrected chi connectivity index (χ0v) is 39.0. The minimum absolute atomic E-state index is 0.111. The molecule has 4 atom stereocenters. The highest BCUT2D eigenvalue weighted by Crippen LogP contribution is 2.38. The van der Waals surface area contributed by atoms with Crippen molar-refractivity contribution in [1.29, 1.82) is 0 Å². The quantitative estimate of drug-likeness (QED) is 0.0915. The number of aromatic nitrogens is 6. The summed E-state index contributed by atoms with van der Waals surface area (Å²) in [4.78, 5) is 63.5. The maximum atomic E-state index is 14.5. The van der Waals surface area contributed by atoms with E-state index in [9.17, 15) is 38.2 Å². The summed E-state index contributed by atoms with van der Waals surface area (Å²) in [7, 11) is 0. The van der Waals surface area contributed by atoms with Gasteiger partial charge >= 0.3 is 0 Å². The number of fused-ring (bicyclic) bond motifs is 4. The van der Waals surface area contributed by atoms with Gasteiger partial charge in [0.1, 0.15) is 47.2 Å². The Bertz CT molecular complexity index is 2760. The Balaban J connectivity index is 0.000000174. The second kappa shape index (κ2) is 19.3. The molecule has 4 aliphatic rings. The first kappa shape index (κ1) is 47.9. The second-order valence-corrected chi connectivity index (χ2v) is 18.9. The van der Waals surface area contributed by atoms with Crippen molar-refractivity contribution in [3.63, 3.8) is 0 Å². The van der Waals surface area contributed by atoms with E-state index in [4.69, 9.17) is 9.47 Å². The number of aliphatic hydroxyl groups is 2. The molecule has 6 aromatic rings. The zero-order valence-electron chi connectivity index (χ0n) is 39.0. The van der Waals surface area contributed by atoms with E-state index in [0.717, 1.165) is 25.9 Å². The van der Waals surface area contributed by atoms with E-state index in [-0.39, 0.29) is 50.2 Å². The van der Waals surface area contributed by atoms with Crippen LogP contribution in [0.1, 0.15) is 93.1 Å². The standard InChI is InChI=1S/2C24H27FN6O4/c2*1-24(2,34)20(25)13-30-12-14-8-18(19(9-16(14)23(30)33)35-15-4-6-26-10-15)29-22(32)17-11-28-31-7-3-5-27-21(17)31/h2*3,5,7-9,11,15,20,26,34H,4,6,10,12-13H2,1-2H3,(H,29,32)/t15-,20+;15-,20-/m01/s1. The van der Waals surface area contributed by atoms with Crippen LogP contribution >= 0.6 is 0 Å². The molecule has 4 aliphatic heterocycles. The van der Waals surface area contributed by atoms with Gasteiger partial charge in [-0.05, 0) is 101 Å². The molecule has 22 heteroatoms. The van der Waals surface area contributed by atoms with Crippen LogP contribution in [0.4, 0.5) is 20.2 Å². The molecule has 2 aromatic carbocycles. The maximum Gasteiger partial charge on any atom is 0.261 e. The van der Waals surface area contributed by atoms with Gasteiger partial charge in [-0.15, -0.1) is 0 Å². The molecule has 8 heterocycles. The molecular formula is C48H54F2N12O8. The van der Waals surface area contributed by atoms with Crippen LogP contribution in [0.25, 0.3) is 11.3 Å². The fourth-order valence-electron chi connectivity index (χ4n) is 8.49. The van der Waals surface area contributed by atoms with Gasteiger partial charge in [-0.1, -0.05) is 0 Å². The molecule has 70 heavy (non-hydrogen) atoms. The number of benzene rings is 2. The van der Waals surface area contributed by atoms with Gasteiger partial charge in [0.2, 0.25) is 0 Å². The number of anilines is 2. The van der Waals surface area contributed by atoms with Crippen molar-refractivity contribution in [2.75, 3.05) is 49.9 Å². The van der Waals surface area contributed by atoms with Crippen LogP contribution in [0.15, 0.2) is 73.6 Å². The van der Waals surface area contributed by atoms with Crippen molar-refractivity contribution in [1.82, 2.24) is 49.6 Å². The lowest BCUT2D eigenvalue weighted by atomic mass is 10.0. The predicted molar refractivity (Wildman–Crippen MR) is 250 cm³/mol. The number of halogens is 2. The maximum absolute atomic E-state index is 14.5. The molecule has 2 saturated heterocycles. The molecule has 0 spiro atoms. The van der Waals surface area contributed by atoms with Crippen molar-refractivity contribution in [2.24, 2.45) is 0 Å². The van der Waals surface area contributed by atoms with E-state index in [1.54, 1.807) is 61.2 Å². The molecule has 10 rings (SSSR count). The van der Waals surface area contributed by atoms with Crippen molar-refractivity contribution < 1.29 is 47.6 Å². The van der Waals surface area contributed by atoms with E-state index in [2.05, 4.69) is 41.4 Å². The van der Waals surface area contributed by atoms with Crippen LogP contribution in [-0.2, 0) is 13.1 Å². The molecule has 0 bridgehead atoms. The lowest BCUT2D eigenvalue weighted by Crippen LogP contribution is -2.42. The number of carbonyl (C=O) groups excluding carboxylic acids is 4. The van der Waals surface area contributed by atoms with Crippen molar-refractivity contribution in [3.05, 3.63) is 107 Å². The number of rotatable bonds is 14. The Morgan fingerprint density at radius 2 is 1.13 bits per heavy atom. The van der Waals surface area contributed by atoms with Crippen molar-refractivity contribution >= 4 is 46.3 Å². The molecular weight excluding hydrogens is 911 g/mol. The normalized spacial score (nSPS) is 18.7. The van der Waals surface area contributed by atoms with Crippen LogP contribution in [0, 0.1) is 0 Å². The molecule has 0 saturated carbocycles. The summed E-state index contributed by atoms with van der Waals surface area (Å²) in [5.41, 5.74) is 1.16. The van der Waals surface area contributed by atoms with Gasteiger partial charge in [0.15, 0.2) is 11.3 Å². The molecule has 2 fully saturated rings. The molecule has 20 nitrogen and oxygen atoms in total. The van der Waals surface area contributed by atoms with E-state index < -0.39 is 35.4 Å². The number of nitrogens with one attached hydrogen (secondary N) is 4. The first-order chi connectivity index (χ1) is 33.4. The predicted octanol–water partition coefficient (Wildman–Crippen LogP) is 3.57. The van der Waals surface area contributed by atoms with E-state index >= 15 is 0 Å². The first-order valence-electron chi connectivity index (χ1n) is 23.0. The summed E-state index contributed by atoms with van der Waals surface area (Å²) in [5, 5.41) is 40.5. The third kappa shape index (κ3) is 10.1. The smallest absolute Gasteiger partial charge is 0.261 e.